The maximum Gasteiger partial charge on any atom is 0.227 e. The van der Waals surface area contributed by atoms with Gasteiger partial charge < -0.3 is 4.90 Å². The number of carbonyl (C=O) groups excluding carboxylic acids is 1. The molecule has 2 bridgehead atoms. The third-order valence-corrected chi connectivity index (χ3v) is 5.14. The van der Waals surface area contributed by atoms with Crippen molar-refractivity contribution >= 4 is 5.91 Å². The van der Waals surface area contributed by atoms with Crippen LogP contribution in [-0.4, -0.2) is 23.9 Å². The van der Waals surface area contributed by atoms with E-state index in [9.17, 15) is 4.79 Å². The highest BCUT2D eigenvalue weighted by Crippen LogP contribution is 2.69. The molecule has 5 atom stereocenters. The van der Waals surface area contributed by atoms with Crippen LogP contribution in [0.2, 0.25) is 0 Å². The van der Waals surface area contributed by atoms with Crippen LogP contribution in [0.25, 0.3) is 0 Å². The second-order valence-corrected chi connectivity index (χ2v) is 5.77. The van der Waals surface area contributed by atoms with Crippen molar-refractivity contribution in [2.45, 2.75) is 32.2 Å². The van der Waals surface area contributed by atoms with Gasteiger partial charge in [0.05, 0.1) is 6.07 Å². The molecule has 0 aromatic heterocycles. The van der Waals surface area contributed by atoms with Crippen molar-refractivity contribution in [3.8, 4) is 6.07 Å². The van der Waals surface area contributed by atoms with Gasteiger partial charge in [-0.15, -0.1) is 0 Å². The zero-order chi connectivity index (χ0) is 11.4. The summed E-state index contributed by atoms with van der Waals surface area (Å²) in [5, 5.41) is 8.83. The Morgan fingerprint density at radius 1 is 1.38 bits per heavy atom. The Bertz CT molecular complexity index is 357. The van der Waals surface area contributed by atoms with Crippen molar-refractivity contribution in [1.29, 1.82) is 5.26 Å². The number of amides is 1. The van der Waals surface area contributed by atoms with Gasteiger partial charge in [0.2, 0.25) is 5.91 Å². The Balaban J connectivity index is 1.69. The fourth-order valence-electron chi connectivity index (χ4n) is 4.17. The van der Waals surface area contributed by atoms with Crippen molar-refractivity contribution in [1.82, 2.24) is 4.90 Å². The Morgan fingerprint density at radius 2 is 1.94 bits per heavy atom. The van der Waals surface area contributed by atoms with Gasteiger partial charge >= 0.3 is 0 Å². The van der Waals surface area contributed by atoms with Gasteiger partial charge in [0.1, 0.15) is 6.04 Å². The molecule has 3 nitrogen and oxygen atoms in total. The van der Waals surface area contributed by atoms with Crippen LogP contribution >= 0.6 is 0 Å². The summed E-state index contributed by atoms with van der Waals surface area (Å²) in [5.74, 6) is 3.51. The minimum Gasteiger partial charge on any atom is -0.330 e. The van der Waals surface area contributed by atoms with Gasteiger partial charge in [-0.25, -0.2) is 0 Å². The molecule has 3 rings (SSSR count). The Kier molecular flexibility index (Phi) is 2.04. The van der Waals surface area contributed by atoms with E-state index in [0.717, 1.165) is 11.8 Å². The lowest BCUT2D eigenvalue weighted by atomic mass is 10.0. The first kappa shape index (κ1) is 10.1. The molecule has 3 saturated carbocycles. The summed E-state index contributed by atoms with van der Waals surface area (Å²) < 4.78 is 0. The number of carbonyl (C=O) groups is 1. The van der Waals surface area contributed by atoms with E-state index in [2.05, 4.69) is 6.07 Å². The molecule has 0 aromatic rings. The van der Waals surface area contributed by atoms with Crippen LogP contribution in [0.4, 0.5) is 0 Å². The second kappa shape index (κ2) is 3.23. The molecule has 1 amide bonds. The molecule has 0 radical (unpaired) electrons. The number of rotatable bonds is 2. The third kappa shape index (κ3) is 1.16. The molecule has 0 heterocycles. The minimum atomic E-state index is -0.286. The SMILES string of the molecule is CC(C#N)N(C)C(=O)C1C2C3CCC(C3)C12. The molecule has 3 fully saturated rings. The highest BCUT2D eigenvalue weighted by molar-refractivity contribution is 5.83. The van der Waals surface area contributed by atoms with Gasteiger partial charge in [0.15, 0.2) is 0 Å². The number of hydrogen-bond donors (Lipinski definition) is 0. The van der Waals surface area contributed by atoms with Crippen molar-refractivity contribution in [2.75, 3.05) is 7.05 Å². The lowest BCUT2D eigenvalue weighted by Gasteiger charge is -2.21. The van der Waals surface area contributed by atoms with Gasteiger partial charge in [-0.3, -0.25) is 4.79 Å². The van der Waals surface area contributed by atoms with Crippen LogP contribution in [-0.2, 0) is 4.79 Å². The van der Waals surface area contributed by atoms with Crippen LogP contribution in [0.15, 0.2) is 0 Å². The molecular weight excluding hydrogens is 200 g/mol. The van der Waals surface area contributed by atoms with Crippen molar-refractivity contribution in [3.63, 3.8) is 0 Å². The van der Waals surface area contributed by atoms with E-state index < -0.39 is 0 Å². The zero-order valence-corrected chi connectivity index (χ0v) is 9.89. The van der Waals surface area contributed by atoms with Crippen molar-refractivity contribution in [3.05, 3.63) is 0 Å². The van der Waals surface area contributed by atoms with E-state index in [4.69, 9.17) is 5.26 Å². The Morgan fingerprint density at radius 3 is 2.44 bits per heavy atom. The molecular formula is C13H18N2O. The average Bonchev–Trinajstić information content (AvgIpc) is 2.74. The predicted octanol–water partition coefficient (Wildman–Crippen LogP) is 1.65. The van der Waals surface area contributed by atoms with Crippen LogP contribution in [0.3, 0.4) is 0 Å². The number of hydrogen-bond acceptors (Lipinski definition) is 2. The van der Waals surface area contributed by atoms with Crippen molar-refractivity contribution in [2.24, 2.45) is 29.6 Å². The summed E-state index contributed by atoms with van der Waals surface area (Å²) in [6, 6.07) is 1.85. The molecule has 86 valence electrons. The van der Waals surface area contributed by atoms with Gasteiger partial charge in [-0.05, 0) is 49.9 Å². The van der Waals surface area contributed by atoms with E-state index in [0.29, 0.717) is 11.8 Å². The minimum absolute atomic E-state index is 0.223. The maximum atomic E-state index is 12.2. The average molecular weight is 218 g/mol. The van der Waals surface area contributed by atoms with E-state index >= 15 is 0 Å². The monoisotopic (exact) mass is 218 g/mol. The smallest absolute Gasteiger partial charge is 0.227 e. The molecule has 16 heavy (non-hydrogen) atoms. The third-order valence-electron chi connectivity index (χ3n) is 5.14. The van der Waals surface area contributed by atoms with Gasteiger partial charge in [0.25, 0.3) is 0 Å². The lowest BCUT2D eigenvalue weighted by molar-refractivity contribution is -0.133. The van der Waals surface area contributed by atoms with E-state index in [1.54, 1.807) is 18.9 Å². The largest absolute Gasteiger partial charge is 0.330 e. The first-order valence-corrected chi connectivity index (χ1v) is 6.31. The normalized spacial score (nSPS) is 44.7. The first-order chi connectivity index (χ1) is 7.65. The second-order valence-electron chi connectivity index (χ2n) is 5.77. The molecule has 3 aliphatic rings. The number of fused-ring (bicyclic) bond motifs is 5. The standard InChI is InChI=1S/C13H18N2O/c1-7(6-14)15(2)13(16)12-10-8-3-4-9(5-8)11(10)12/h7-12H,3-5H2,1-2H3. The summed E-state index contributed by atoms with van der Waals surface area (Å²) in [5.41, 5.74) is 0. The summed E-state index contributed by atoms with van der Waals surface area (Å²) in [4.78, 5) is 13.9. The lowest BCUT2D eigenvalue weighted by Crippen LogP contribution is -2.36. The first-order valence-electron chi connectivity index (χ1n) is 6.31. The highest BCUT2D eigenvalue weighted by Gasteiger charge is 2.67. The molecule has 3 aliphatic carbocycles. The Hall–Kier alpha value is -1.04. The van der Waals surface area contributed by atoms with Gasteiger partial charge in [-0.1, -0.05) is 0 Å². The van der Waals surface area contributed by atoms with Crippen LogP contribution in [0.1, 0.15) is 26.2 Å². The van der Waals surface area contributed by atoms with E-state index in [1.165, 1.54) is 19.3 Å². The Labute approximate surface area is 96.4 Å². The predicted molar refractivity (Wildman–Crippen MR) is 59.1 cm³/mol. The van der Waals surface area contributed by atoms with Gasteiger partial charge in [0, 0.05) is 13.0 Å². The molecule has 0 spiro atoms. The quantitative estimate of drug-likeness (QED) is 0.707. The molecule has 0 aliphatic heterocycles. The molecule has 0 saturated heterocycles. The summed E-state index contributed by atoms with van der Waals surface area (Å²) in [6.07, 6.45) is 4.05. The highest BCUT2D eigenvalue weighted by atomic mass is 16.2. The molecule has 3 heteroatoms. The number of nitrogens with zero attached hydrogens (tertiary/aromatic N) is 2. The molecule has 0 N–H and O–H groups in total. The molecule has 5 unspecified atom stereocenters. The summed E-state index contributed by atoms with van der Waals surface area (Å²) >= 11 is 0. The summed E-state index contributed by atoms with van der Waals surface area (Å²) in [7, 11) is 1.77. The van der Waals surface area contributed by atoms with Crippen LogP contribution < -0.4 is 0 Å². The number of nitriles is 1. The zero-order valence-electron chi connectivity index (χ0n) is 9.89. The van der Waals surface area contributed by atoms with Crippen LogP contribution in [0.5, 0.6) is 0 Å². The topological polar surface area (TPSA) is 44.1 Å². The van der Waals surface area contributed by atoms with Gasteiger partial charge in [-0.2, -0.15) is 5.26 Å². The van der Waals surface area contributed by atoms with Crippen LogP contribution in [0, 0.1) is 40.9 Å². The summed E-state index contributed by atoms with van der Waals surface area (Å²) in [6.45, 7) is 1.80. The van der Waals surface area contributed by atoms with E-state index in [-0.39, 0.29) is 17.9 Å². The van der Waals surface area contributed by atoms with E-state index in [1.807, 2.05) is 0 Å². The fraction of sp³-hybridized carbons (Fsp3) is 0.846. The molecule has 0 aromatic carbocycles. The fourth-order valence-corrected chi connectivity index (χ4v) is 4.17. The maximum absolute atomic E-state index is 12.2. The van der Waals surface area contributed by atoms with Crippen molar-refractivity contribution < 1.29 is 4.79 Å².